The van der Waals surface area contributed by atoms with Crippen LogP contribution in [0.25, 0.3) is 10.8 Å². The summed E-state index contributed by atoms with van der Waals surface area (Å²) in [5, 5.41) is 2.08. The Labute approximate surface area is 133 Å². The van der Waals surface area contributed by atoms with E-state index in [4.69, 9.17) is 4.74 Å². The third-order valence-electron chi connectivity index (χ3n) is 4.33. The van der Waals surface area contributed by atoms with Gasteiger partial charge in [-0.1, -0.05) is 24.3 Å². The SMILES string of the molecule is O=C(COC(=O)c1ccc2c3c(cccc13)CC2)c1ccc[nH]1. The van der Waals surface area contributed by atoms with Crippen molar-refractivity contribution in [2.45, 2.75) is 12.8 Å². The fraction of sp³-hybridized carbons (Fsp3) is 0.158. The Kier molecular flexibility index (Phi) is 3.23. The van der Waals surface area contributed by atoms with Crippen LogP contribution in [-0.2, 0) is 17.6 Å². The summed E-state index contributed by atoms with van der Waals surface area (Å²) in [4.78, 5) is 27.1. The number of hydrogen-bond donors (Lipinski definition) is 1. The normalized spacial score (nSPS) is 12.5. The molecular weight excluding hydrogens is 290 g/mol. The first kappa shape index (κ1) is 13.8. The number of aromatic amines is 1. The van der Waals surface area contributed by atoms with Crippen LogP contribution in [0.5, 0.6) is 0 Å². The van der Waals surface area contributed by atoms with Gasteiger partial charge >= 0.3 is 5.97 Å². The average molecular weight is 305 g/mol. The highest BCUT2D eigenvalue weighted by molar-refractivity contribution is 6.08. The van der Waals surface area contributed by atoms with Crippen molar-refractivity contribution in [2.75, 3.05) is 6.61 Å². The Morgan fingerprint density at radius 3 is 2.61 bits per heavy atom. The largest absolute Gasteiger partial charge is 0.454 e. The molecule has 114 valence electrons. The topological polar surface area (TPSA) is 59.2 Å². The maximum atomic E-state index is 12.4. The summed E-state index contributed by atoms with van der Waals surface area (Å²) >= 11 is 0. The van der Waals surface area contributed by atoms with E-state index < -0.39 is 5.97 Å². The van der Waals surface area contributed by atoms with Crippen molar-refractivity contribution in [3.63, 3.8) is 0 Å². The highest BCUT2D eigenvalue weighted by Crippen LogP contribution is 2.32. The van der Waals surface area contributed by atoms with Crippen molar-refractivity contribution in [1.29, 1.82) is 0 Å². The van der Waals surface area contributed by atoms with Gasteiger partial charge in [0, 0.05) is 6.20 Å². The highest BCUT2D eigenvalue weighted by atomic mass is 16.5. The fourth-order valence-corrected chi connectivity index (χ4v) is 3.22. The number of nitrogens with one attached hydrogen (secondary N) is 1. The molecule has 0 amide bonds. The maximum absolute atomic E-state index is 12.4. The van der Waals surface area contributed by atoms with Crippen molar-refractivity contribution in [3.05, 3.63) is 71.0 Å². The molecule has 1 aliphatic rings. The van der Waals surface area contributed by atoms with E-state index >= 15 is 0 Å². The van der Waals surface area contributed by atoms with Gasteiger partial charge in [-0.2, -0.15) is 0 Å². The Morgan fingerprint density at radius 2 is 1.83 bits per heavy atom. The van der Waals surface area contributed by atoms with Crippen LogP contribution >= 0.6 is 0 Å². The number of aryl methyl sites for hydroxylation is 2. The summed E-state index contributed by atoms with van der Waals surface area (Å²) < 4.78 is 5.21. The molecule has 4 rings (SSSR count). The number of hydrogen-bond acceptors (Lipinski definition) is 3. The lowest BCUT2D eigenvalue weighted by Crippen LogP contribution is -2.14. The average Bonchev–Trinajstić information content (AvgIpc) is 3.24. The number of ketones is 1. The van der Waals surface area contributed by atoms with Crippen LogP contribution in [0.15, 0.2) is 48.7 Å². The molecule has 1 aromatic heterocycles. The van der Waals surface area contributed by atoms with Crippen molar-refractivity contribution in [3.8, 4) is 0 Å². The molecule has 1 aliphatic carbocycles. The van der Waals surface area contributed by atoms with Crippen LogP contribution < -0.4 is 0 Å². The molecule has 2 aromatic carbocycles. The number of ether oxygens (including phenoxy) is 1. The molecule has 0 saturated carbocycles. The number of esters is 1. The van der Waals surface area contributed by atoms with Crippen molar-refractivity contribution in [2.24, 2.45) is 0 Å². The zero-order valence-electron chi connectivity index (χ0n) is 12.5. The quantitative estimate of drug-likeness (QED) is 0.594. The van der Waals surface area contributed by atoms with E-state index in [9.17, 15) is 9.59 Å². The van der Waals surface area contributed by atoms with Gasteiger partial charge in [0.05, 0.1) is 11.3 Å². The van der Waals surface area contributed by atoms with E-state index in [1.807, 2.05) is 18.2 Å². The Balaban J connectivity index is 1.60. The number of benzene rings is 2. The van der Waals surface area contributed by atoms with Crippen molar-refractivity contribution >= 4 is 22.5 Å². The van der Waals surface area contributed by atoms with Gasteiger partial charge in [-0.3, -0.25) is 4.79 Å². The number of Topliss-reactive ketones (excluding diaryl/α,β-unsaturated/α-hetero) is 1. The molecule has 23 heavy (non-hydrogen) atoms. The summed E-state index contributed by atoms with van der Waals surface area (Å²) in [7, 11) is 0. The van der Waals surface area contributed by atoms with Crippen LogP contribution in [0.1, 0.15) is 32.0 Å². The van der Waals surface area contributed by atoms with E-state index in [0.29, 0.717) is 11.3 Å². The van der Waals surface area contributed by atoms with Crippen molar-refractivity contribution in [1.82, 2.24) is 4.98 Å². The summed E-state index contributed by atoms with van der Waals surface area (Å²) in [6.45, 7) is -0.262. The van der Waals surface area contributed by atoms with Gasteiger partial charge in [-0.15, -0.1) is 0 Å². The Hall–Kier alpha value is -2.88. The molecule has 0 aliphatic heterocycles. The zero-order valence-corrected chi connectivity index (χ0v) is 12.5. The van der Waals surface area contributed by atoms with Crippen LogP contribution in [-0.4, -0.2) is 23.3 Å². The second kappa shape index (κ2) is 5.39. The van der Waals surface area contributed by atoms with E-state index in [-0.39, 0.29) is 12.4 Å². The smallest absolute Gasteiger partial charge is 0.339 e. The molecule has 0 saturated heterocycles. The summed E-state index contributed by atoms with van der Waals surface area (Å²) in [5.74, 6) is -0.699. The lowest BCUT2D eigenvalue weighted by molar-refractivity contribution is 0.0475. The number of carbonyl (C=O) groups excluding carboxylic acids is 2. The first-order chi connectivity index (χ1) is 11.2. The first-order valence-corrected chi connectivity index (χ1v) is 7.61. The van der Waals surface area contributed by atoms with E-state index in [0.717, 1.165) is 23.6 Å². The second-order valence-corrected chi connectivity index (χ2v) is 5.70. The van der Waals surface area contributed by atoms with Gasteiger partial charge in [-0.05, 0) is 52.9 Å². The molecule has 0 bridgehead atoms. The molecule has 0 spiro atoms. The van der Waals surface area contributed by atoms with Gasteiger partial charge < -0.3 is 9.72 Å². The molecule has 1 heterocycles. The highest BCUT2D eigenvalue weighted by Gasteiger charge is 2.20. The van der Waals surface area contributed by atoms with Gasteiger partial charge in [-0.25, -0.2) is 4.79 Å². The van der Waals surface area contributed by atoms with E-state index in [1.54, 1.807) is 24.4 Å². The molecule has 0 unspecified atom stereocenters. The van der Waals surface area contributed by atoms with Crippen LogP contribution in [0.4, 0.5) is 0 Å². The van der Waals surface area contributed by atoms with E-state index in [2.05, 4.69) is 11.1 Å². The number of H-pyrrole nitrogens is 1. The van der Waals surface area contributed by atoms with Crippen LogP contribution in [0.3, 0.4) is 0 Å². The van der Waals surface area contributed by atoms with Gasteiger partial charge in [0.25, 0.3) is 0 Å². The molecule has 4 heteroatoms. The number of carbonyl (C=O) groups is 2. The molecule has 4 nitrogen and oxygen atoms in total. The summed E-state index contributed by atoms with van der Waals surface area (Å²) in [6.07, 6.45) is 3.69. The Morgan fingerprint density at radius 1 is 1.00 bits per heavy atom. The summed E-state index contributed by atoms with van der Waals surface area (Å²) in [6, 6.07) is 13.2. The Bertz CT molecular complexity index is 900. The van der Waals surface area contributed by atoms with E-state index in [1.165, 1.54) is 11.1 Å². The predicted molar refractivity (Wildman–Crippen MR) is 86.8 cm³/mol. The zero-order chi connectivity index (χ0) is 15.8. The molecule has 0 fully saturated rings. The minimum atomic E-state index is -0.458. The molecular formula is C19H15NO3. The lowest BCUT2D eigenvalue weighted by atomic mass is 10.00. The monoisotopic (exact) mass is 305 g/mol. The van der Waals surface area contributed by atoms with Gasteiger partial charge in [0.2, 0.25) is 5.78 Å². The molecule has 3 aromatic rings. The number of aromatic nitrogens is 1. The molecule has 0 atom stereocenters. The third kappa shape index (κ3) is 2.32. The van der Waals surface area contributed by atoms with Gasteiger partial charge in [0.15, 0.2) is 6.61 Å². The second-order valence-electron chi connectivity index (χ2n) is 5.70. The number of rotatable bonds is 4. The minimum absolute atomic E-state index is 0.241. The fourth-order valence-electron chi connectivity index (χ4n) is 3.22. The third-order valence-corrected chi connectivity index (χ3v) is 4.33. The van der Waals surface area contributed by atoms with Gasteiger partial charge in [0.1, 0.15) is 0 Å². The first-order valence-electron chi connectivity index (χ1n) is 7.61. The predicted octanol–water partition coefficient (Wildman–Crippen LogP) is 3.31. The molecule has 0 radical (unpaired) electrons. The summed E-state index contributed by atoms with van der Waals surface area (Å²) in [5.41, 5.74) is 3.51. The van der Waals surface area contributed by atoms with Crippen molar-refractivity contribution < 1.29 is 14.3 Å². The van der Waals surface area contributed by atoms with Crippen LogP contribution in [0, 0.1) is 0 Å². The molecule has 1 N–H and O–H groups in total. The lowest BCUT2D eigenvalue weighted by Gasteiger charge is -2.08. The minimum Gasteiger partial charge on any atom is -0.454 e. The standard InChI is InChI=1S/C19H15NO3/c21-17(16-5-2-10-20-16)11-23-19(22)15-9-8-13-7-6-12-3-1-4-14(15)18(12)13/h1-5,8-10,20H,6-7,11H2. The maximum Gasteiger partial charge on any atom is 0.339 e. The van der Waals surface area contributed by atoms with Crippen LogP contribution in [0.2, 0.25) is 0 Å².